The number of aromatic nitrogens is 2. The van der Waals surface area contributed by atoms with Crippen molar-refractivity contribution >= 4 is 38.6 Å². The Hall–Kier alpha value is -1.59. The van der Waals surface area contributed by atoms with Crippen molar-refractivity contribution in [2.75, 3.05) is 5.75 Å². The Morgan fingerprint density at radius 3 is 2.76 bits per heavy atom. The highest BCUT2D eigenvalue weighted by Gasteiger charge is 2.04. The Labute approximate surface area is 135 Å². The van der Waals surface area contributed by atoms with E-state index in [9.17, 15) is 4.79 Å². The summed E-state index contributed by atoms with van der Waals surface area (Å²) in [4.78, 5) is 17.9. The predicted octanol–water partition coefficient (Wildman–Crippen LogP) is 3.95. The van der Waals surface area contributed by atoms with Gasteiger partial charge in [0.1, 0.15) is 0 Å². The van der Waals surface area contributed by atoms with Crippen molar-refractivity contribution < 1.29 is 0 Å². The molecule has 1 aromatic heterocycles. The van der Waals surface area contributed by atoms with Gasteiger partial charge in [0.05, 0.1) is 17.2 Å². The van der Waals surface area contributed by atoms with Crippen LogP contribution in [0.4, 0.5) is 0 Å². The van der Waals surface area contributed by atoms with Gasteiger partial charge in [-0.25, -0.2) is 4.98 Å². The van der Waals surface area contributed by atoms with Gasteiger partial charge in [-0.15, -0.1) is 11.8 Å². The summed E-state index contributed by atoms with van der Waals surface area (Å²) in [5.41, 5.74) is 0.738. The minimum atomic E-state index is 0.0150. The summed E-state index contributed by atoms with van der Waals surface area (Å²) in [6, 6.07) is 15.7. The van der Waals surface area contributed by atoms with Gasteiger partial charge in [-0.1, -0.05) is 34.1 Å². The molecule has 0 aliphatic carbocycles. The molecule has 3 nitrogen and oxygen atoms in total. The van der Waals surface area contributed by atoms with Crippen molar-refractivity contribution in [1.82, 2.24) is 9.55 Å². The molecule has 0 unspecified atom stereocenters. The molecule has 0 fully saturated rings. The van der Waals surface area contributed by atoms with Gasteiger partial charge in [-0.3, -0.25) is 9.36 Å². The first-order chi connectivity index (χ1) is 10.2. The molecule has 0 N–H and O–H groups in total. The number of benzene rings is 2. The quantitative estimate of drug-likeness (QED) is 0.660. The summed E-state index contributed by atoms with van der Waals surface area (Å²) >= 11 is 5.13. The fourth-order valence-corrected chi connectivity index (χ4v) is 3.29. The van der Waals surface area contributed by atoms with Crippen LogP contribution < -0.4 is 5.56 Å². The molecule has 0 amide bonds. The van der Waals surface area contributed by atoms with E-state index >= 15 is 0 Å². The van der Waals surface area contributed by atoms with Gasteiger partial charge in [0.25, 0.3) is 5.56 Å². The molecule has 2 aromatic carbocycles. The number of thioether (sulfide) groups is 1. The molecule has 21 heavy (non-hydrogen) atoms. The lowest BCUT2D eigenvalue weighted by Crippen LogP contribution is -2.21. The van der Waals surface area contributed by atoms with Crippen LogP contribution in [-0.2, 0) is 6.54 Å². The smallest absolute Gasteiger partial charge is 0.261 e. The summed E-state index contributed by atoms with van der Waals surface area (Å²) < 4.78 is 2.60. The lowest BCUT2D eigenvalue weighted by atomic mass is 10.2. The van der Waals surface area contributed by atoms with Gasteiger partial charge in [-0.05, 0) is 30.3 Å². The van der Waals surface area contributed by atoms with E-state index in [1.807, 2.05) is 36.4 Å². The Kier molecular flexibility index (Phi) is 4.41. The second-order valence-corrected chi connectivity index (χ2v) is 6.65. The molecule has 0 saturated carbocycles. The van der Waals surface area contributed by atoms with E-state index in [1.165, 1.54) is 4.90 Å². The van der Waals surface area contributed by atoms with Gasteiger partial charge >= 0.3 is 0 Å². The number of halogens is 1. The van der Waals surface area contributed by atoms with Gasteiger partial charge in [-0.2, -0.15) is 0 Å². The topological polar surface area (TPSA) is 34.9 Å². The lowest BCUT2D eigenvalue weighted by molar-refractivity contribution is 0.725. The Morgan fingerprint density at radius 2 is 1.95 bits per heavy atom. The minimum absolute atomic E-state index is 0.0150. The summed E-state index contributed by atoms with van der Waals surface area (Å²) in [6.45, 7) is 0.650. The van der Waals surface area contributed by atoms with Gasteiger partial charge in [0, 0.05) is 21.7 Å². The van der Waals surface area contributed by atoms with Gasteiger partial charge in [0.15, 0.2) is 0 Å². The predicted molar refractivity (Wildman–Crippen MR) is 90.9 cm³/mol. The van der Waals surface area contributed by atoms with Crippen molar-refractivity contribution in [1.29, 1.82) is 0 Å². The molecular formula is C16H13BrN2OS. The van der Waals surface area contributed by atoms with E-state index in [2.05, 4.69) is 33.0 Å². The third-order valence-electron chi connectivity index (χ3n) is 3.13. The Balaban J connectivity index is 1.77. The van der Waals surface area contributed by atoms with Crippen LogP contribution in [0.2, 0.25) is 0 Å². The van der Waals surface area contributed by atoms with Crippen molar-refractivity contribution in [3.05, 3.63) is 69.7 Å². The fourth-order valence-electron chi connectivity index (χ4n) is 2.07. The zero-order chi connectivity index (χ0) is 14.7. The third-order valence-corrected chi connectivity index (χ3v) is 4.62. The summed E-state index contributed by atoms with van der Waals surface area (Å²) in [7, 11) is 0. The number of rotatable bonds is 4. The summed E-state index contributed by atoms with van der Waals surface area (Å²) in [5, 5.41) is 0.658. The van der Waals surface area contributed by atoms with Crippen LogP contribution in [0.3, 0.4) is 0 Å². The molecule has 0 spiro atoms. The van der Waals surface area contributed by atoms with Crippen LogP contribution in [-0.4, -0.2) is 15.3 Å². The highest BCUT2D eigenvalue weighted by molar-refractivity contribution is 9.10. The first kappa shape index (κ1) is 14.4. The normalized spacial score (nSPS) is 10.9. The average molecular weight is 361 g/mol. The first-order valence-electron chi connectivity index (χ1n) is 6.56. The maximum Gasteiger partial charge on any atom is 0.261 e. The molecule has 3 rings (SSSR count). The summed E-state index contributed by atoms with van der Waals surface area (Å²) in [6.07, 6.45) is 1.63. The van der Waals surface area contributed by atoms with Crippen LogP contribution in [0, 0.1) is 0 Å². The molecule has 3 aromatic rings. The second-order valence-electron chi connectivity index (χ2n) is 4.57. The molecule has 0 aliphatic heterocycles. The third kappa shape index (κ3) is 3.36. The molecule has 106 valence electrons. The monoisotopic (exact) mass is 360 g/mol. The standard InChI is InChI=1S/C16H13BrN2OS/c17-12-6-7-14-15(10-12)18-11-19(16(14)20)8-9-21-13-4-2-1-3-5-13/h1-7,10-11H,8-9H2. The SMILES string of the molecule is O=c1c2ccc(Br)cc2ncn1CCSc1ccccc1. The molecule has 0 aliphatic rings. The first-order valence-corrected chi connectivity index (χ1v) is 8.34. The van der Waals surface area contributed by atoms with E-state index in [-0.39, 0.29) is 5.56 Å². The highest BCUT2D eigenvalue weighted by Crippen LogP contribution is 2.17. The molecule has 1 heterocycles. The number of nitrogens with zero attached hydrogens (tertiary/aromatic N) is 2. The van der Waals surface area contributed by atoms with Crippen LogP contribution >= 0.6 is 27.7 Å². The minimum Gasteiger partial charge on any atom is -0.298 e. The molecule has 0 atom stereocenters. The largest absolute Gasteiger partial charge is 0.298 e. The van der Waals surface area contributed by atoms with Crippen LogP contribution in [0.25, 0.3) is 10.9 Å². The van der Waals surface area contributed by atoms with E-state index < -0.39 is 0 Å². The van der Waals surface area contributed by atoms with Gasteiger partial charge < -0.3 is 0 Å². The molecule has 0 saturated heterocycles. The Bertz CT molecular complexity index is 817. The van der Waals surface area contributed by atoms with Crippen LogP contribution in [0.1, 0.15) is 0 Å². The van der Waals surface area contributed by atoms with Crippen molar-refractivity contribution in [3.8, 4) is 0 Å². The lowest BCUT2D eigenvalue weighted by Gasteiger charge is -2.06. The molecular weight excluding hydrogens is 348 g/mol. The molecule has 5 heteroatoms. The van der Waals surface area contributed by atoms with Crippen molar-refractivity contribution in [2.45, 2.75) is 11.4 Å². The Morgan fingerprint density at radius 1 is 1.14 bits per heavy atom. The highest BCUT2D eigenvalue weighted by atomic mass is 79.9. The second kappa shape index (κ2) is 6.45. The summed E-state index contributed by atoms with van der Waals surface area (Å²) in [5.74, 6) is 0.841. The van der Waals surface area contributed by atoms with E-state index in [1.54, 1.807) is 22.7 Å². The van der Waals surface area contributed by atoms with E-state index in [0.717, 1.165) is 15.7 Å². The maximum absolute atomic E-state index is 12.4. The number of hydrogen-bond acceptors (Lipinski definition) is 3. The fraction of sp³-hybridized carbons (Fsp3) is 0.125. The van der Waals surface area contributed by atoms with E-state index in [0.29, 0.717) is 11.9 Å². The van der Waals surface area contributed by atoms with Crippen LogP contribution in [0.15, 0.2) is 69.0 Å². The van der Waals surface area contributed by atoms with Crippen molar-refractivity contribution in [3.63, 3.8) is 0 Å². The van der Waals surface area contributed by atoms with E-state index in [4.69, 9.17) is 0 Å². The molecule has 0 bridgehead atoms. The maximum atomic E-state index is 12.4. The molecule has 0 radical (unpaired) electrons. The number of fused-ring (bicyclic) bond motifs is 1. The van der Waals surface area contributed by atoms with Gasteiger partial charge in [0.2, 0.25) is 0 Å². The van der Waals surface area contributed by atoms with Crippen LogP contribution in [0.5, 0.6) is 0 Å². The zero-order valence-electron chi connectivity index (χ0n) is 11.2. The average Bonchev–Trinajstić information content (AvgIpc) is 2.50. The number of hydrogen-bond donors (Lipinski definition) is 0. The van der Waals surface area contributed by atoms with Crippen molar-refractivity contribution in [2.24, 2.45) is 0 Å². The zero-order valence-corrected chi connectivity index (χ0v) is 13.6. The number of aryl methyl sites for hydroxylation is 1.